The van der Waals surface area contributed by atoms with Crippen molar-refractivity contribution < 1.29 is 4.74 Å². The molecule has 2 nitrogen and oxygen atoms in total. The number of hydrogen-bond donors (Lipinski definition) is 0. The molecular weight excluding hydrogens is 314 g/mol. The summed E-state index contributed by atoms with van der Waals surface area (Å²) in [6, 6.07) is 9.66. The highest BCUT2D eigenvalue weighted by atomic mass is 79.9. The molecule has 0 aliphatic heterocycles. The van der Waals surface area contributed by atoms with E-state index in [0.717, 1.165) is 28.1 Å². The summed E-state index contributed by atoms with van der Waals surface area (Å²) in [5.74, 6) is 0.880. The van der Waals surface area contributed by atoms with E-state index in [2.05, 4.69) is 20.9 Å². The molecule has 0 aliphatic rings. The number of aromatic nitrogens is 1. The molecule has 0 aliphatic carbocycles. The molecule has 0 spiro atoms. The molecule has 0 fully saturated rings. The van der Waals surface area contributed by atoms with E-state index in [9.17, 15) is 0 Å². The summed E-state index contributed by atoms with van der Waals surface area (Å²) >= 11 is 9.37. The van der Waals surface area contributed by atoms with Crippen LogP contribution in [0.2, 0.25) is 5.02 Å². The largest absolute Gasteiger partial charge is 0.493 e. The van der Waals surface area contributed by atoms with Gasteiger partial charge in [0, 0.05) is 34.7 Å². The summed E-state index contributed by atoms with van der Waals surface area (Å²) in [5.41, 5.74) is 2.29. The molecule has 0 radical (unpaired) electrons. The zero-order valence-electron chi connectivity index (χ0n) is 9.77. The van der Waals surface area contributed by atoms with E-state index in [-0.39, 0.29) is 0 Å². The monoisotopic (exact) mass is 325 g/mol. The Labute approximate surface area is 120 Å². The highest BCUT2D eigenvalue weighted by Crippen LogP contribution is 2.25. The molecule has 0 atom stereocenters. The quantitative estimate of drug-likeness (QED) is 0.766. The lowest BCUT2D eigenvalue weighted by molar-refractivity contribution is 0.319. The summed E-state index contributed by atoms with van der Waals surface area (Å²) in [6.07, 6.45) is 4.45. The smallest absolute Gasteiger partial charge is 0.123 e. The van der Waals surface area contributed by atoms with Gasteiger partial charge in [0.25, 0.3) is 0 Å². The third-order valence-corrected chi connectivity index (χ3v) is 3.40. The standard InChI is InChI=1S/C14H13BrClNO/c15-10-12-9-13(16)1-2-14(12)18-8-5-11-3-6-17-7-4-11/h1-4,6-7,9H,5,8,10H2. The van der Waals surface area contributed by atoms with Crippen molar-refractivity contribution in [2.45, 2.75) is 11.8 Å². The van der Waals surface area contributed by atoms with Gasteiger partial charge in [0.1, 0.15) is 5.75 Å². The van der Waals surface area contributed by atoms with E-state index in [4.69, 9.17) is 16.3 Å². The van der Waals surface area contributed by atoms with Crippen LogP contribution in [0.4, 0.5) is 0 Å². The minimum absolute atomic E-state index is 0.644. The van der Waals surface area contributed by atoms with Gasteiger partial charge in [-0.15, -0.1) is 0 Å². The van der Waals surface area contributed by atoms with Crippen LogP contribution < -0.4 is 4.74 Å². The van der Waals surface area contributed by atoms with Crippen LogP contribution >= 0.6 is 27.5 Å². The minimum atomic E-state index is 0.644. The SMILES string of the molecule is Clc1ccc(OCCc2ccncc2)c(CBr)c1. The Morgan fingerprint density at radius 2 is 1.94 bits per heavy atom. The van der Waals surface area contributed by atoms with Crippen LogP contribution in [0.5, 0.6) is 5.75 Å². The molecule has 4 heteroatoms. The lowest BCUT2D eigenvalue weighted by Crippen LogP contribution is -2.03. The Kier molecular flexibility index (Phi) is 5.02. The van der Waals surface area contributed by atoms with Crippen LogP contribution in [0.25, 0.3) is 0 Å². The van der Waals surface area contributed by atoms with E-state index >= 15 is 0 Å². The fourth-order valence-electron chi connectivity index (χ4n) is 1.62. The zero-order chi connectivity index (χ0) is 12.8. The molecule has 1 aromatic heterocycles. The van der Waals surface area contributed by atoms with Crippen LogP contribution in [0.3, 0.4) is 0 Å². The molecular formula is C14H13BrClNO. The maximum atomic E-state index is 5.94. The number of alkyl halides is 1. The van der Waals surface area contributed by atoms with Gasteiger partial charge >= 0.3 is 0 Å². The number of ether oxygens (including phenoxy) is 1. The van der Waals surface area contributed by atoms with Crippen molar-refractivity contribution in [2.24, 2.45) is 0 Å². The molecule has 18 heavy (non-hydrogen) atoms. The molecule has 0 saturated carbocycles. The highest BCUT2D eigenvalue weighted by molar-refractivity contribution is 9.08. The maximum Gasteiger partial charge on any atom is 0.123 e. The number of rotatable bonds is 5. The number of benzene rings is 1. The second-order valence-corrected chi connectivity index (χ2v) is 4.84. The summed E-state index contributed by atoms with van der Waals surface area (Å²) in [7, 11) is 0. The first-order chi connectivity index (χ1) is 8.79. The summed E-state index contributed by atoms with van der Waals surface area (Å²) in [5, 5.41) is 1.46. The third-order valence-electron chi connectivity index (χ3n) is 2.56. The molecule has 0 bridgehead atoms. The Morgan fingerprint density at radius 1 is 1.17 bits per heavy atom. The van der Waals surface area contributed by atoms with Crippen LogP contribution in [0, 0.1) is 0 Å². The topological polar surface area (TPSA) is 22.1 Å². The van der Waals surface area contributed by atoms with Crippen molar-refractivity contribution in [3.8, 4) is 5.75 Å². The zero-order valence-corrected chi connectivity index (χ0v) is 12.1. The fraction of sp³-hybridized carbons (Fsp3) is 0.214. The van der Waals surface area contributed by atoms with E-state index in [0.29, 0.717) is 6.61 Å². The number of halogens is 2. The third kappa shape index (κ3) is 3.72. The van der Waals surface area contributed by atoms with Gasteiger partial charge < -0.3 is 4.74 Å². The fourth-order valence-corrected chi connectivity index (χ4v) is 2.25. The number of hydrogen-bond acceptors (Lipinski definition) is 2. The summed E-state index contributed by atoms with van der Waals surface area (Å²) in [4.78, 5) is 3.99. The van der Waals surface area contributed by atoms with Crippen molar-refractivity contribution in [3.05, 3.63) is 58.9 Å². The Hall–Kier alpha value is -1.06. The Balaban J connectivity index is 1.94. The molecule has 0 saturated heterocycles. The van der Waals surface area contributed by atoms with E-state index in [1.807, 2.05) is 30.3 Å². The van der Waals surface area contributed by atoms with Crippen molar-refractivity contribution >= 4 is 27.5 Å². The predicted molar refractivity (Wildman–Crippen MR) is 77.5 cm³/mol. The lowest BCUT2D eigenvalue weighted by Gasteiger charge is -2.10. The molecule has 0 N–H and O–H groups in total. The van der Waals surface area contributed by atoms with Gasteiger partial charge in [0.05, 0.1) is 6.61 Å². The summed E-state index contributed by atoms with van der Waals surface area (Å²) in [6.45, 7) is 0.644. The number of nitrogens with zero attached hydrogens (tertiary/aromatic N) is 1. The van der Waals surface area contributed by atoms with Crippen LogP contribution in [-0.2, 0) is 11.8 Å². The molecule has 0 unspecified atom stereocenters. The predicted octanol–water partition coefficient (Wildman–Crippen LogP) is 4.25. The molecule has 2 aromatic rings. The summed E-state index contributed by atoms with van der Waals surface area (Å²) < 4.78 is 5.78. The Morgan fingerprint density at radius 3 is 2.67 bits per heavy atom. The normalized spacial score (nSPS) is 10.3. The maximum absolute atomic E-state index is 5.94. The van der Waals surface area contributed by atoms with Crippen molar-refractivity contribution in [3.63, 3.8) is 0 Å². The van der Waals surface area contributed by atoms with Crippen LogP contribution in [-0.4, -0.2) is 11.6 Å². The van der Waals surface area contributed by atoms with Gasteiger partial charge in [-0.25, -0.2) is 0 Å². The van der Waals surface area contributed by atoms with E-state index < -0.39 is 0 Å². The first-order valence-electron chi connectivity index (χ1n) is 5.65. The Bertz CT molecular complexity index is 504. The molecule has 2 rings (SSSR count). The molecule has 1 aromatic carbocycles. The average molecular weight is 327 g/mol. The van der Waals surface area contributed by atoms with Crippen LogP contribution in [0.15, 0.2) is 42.7 Å². The van der Waals surface area contributed by atoms with Gasteiger partial charge in [-0.3, -0.25) is 4.98 Å². The van der Waals surface area contributed by atoms with Crippen LogP contribution in [0.1, 0.15) is 11.1 Å². The first kappa shape index (κ1) is 13.4. The second-order valence-electron chi connectivity index (χ2n) is 3.84. The highest BCUT2D eigenvalue weighted by Gasteiger charge is 2.03. The second kappa shape index (κ2) is 6.76. The average Bonchev–Trinajstić information content (AvgIpc) is 2.41. The van der Waals surface area contributed by atoms with E-state index in [1.54, 1.807) is 12.4 Å². The lowest BCUT2D eigenvalue weighted by atomic mass is 10.2. The molecule has 0 amide bonds. The van der Waals surface area contributed by atoms with Gasteiger partial charge in [0.15, 0.2) is 0 Å². The van der Waals surface area contributed by atoms with Gasteiger partial charge in [-0.2, -0.15) is 0 Å². The first-order valence-corrected chi connectivity index (χ1v) is 7.15. The minimum Gasteiger partial charge on any atom is -0.493 e. The molecule has 1 heterocycles. The van der Waals surface area contributed by atoms with Crippen molar-refractivity contribution in [2.75, 3.05) is 6.61 Å². The van der Waals surface area contributed by atoms with Gasteiger partial charge in [0.2, 0.25) is 0 Å². The molecule has 94 valence electrons. The van der Waals surface area contributed by atoms with Gasteiger partial charge in [-0.05, 0) is 35.9 Å². The van der Waals surface area contributed by atoms with E-state index in [1.165, 1.54) is 5.56 Å². The number of pyridine rings is 1. The van der Waals surface area contributed by atoms with Crippen molar-refractivity contribution in [1.29, 1.82) is 0 Å². The van der Waals surface area contributed by atoms with Gasteiger partial charge in [-0.1, -0.05) is 27.5 Å². The van der Waals surface area contributed by atoms with Crippen molar-refractivity contribution in [1.82, 2.24) is 4.98 Å².